The van der Waals surface area contributed by atoms with Gasteiger partial charge in [0.15, 0.2) is 5.69 Å². The van der Waals surface area contributed by atoms with E-state index >= 15 is 0 Å². The first kappa shape index (κ1) is 16.0. The summed E-state index contributed by atoms with van der Waals surface area (Å²) in [7, 11) is 0. The normalized spacial score (nSPS) is 10.2. The van der Waals surface area contributed by atoms with Crippen LogP contribution in [0.2, 0.25) is 0 Å². The van der Waals surface area contributed by atoms with Crippen LogP contribution < -0.4 is 16.0 Å². The lowest BCUT2D eigenvalue weighted by atomic mass is 10.4. The Balaban J connectivity index is 2.10. The van der Waals surface area contributed by atoms with Crippen molar-refractivity contribution < 1.29 is 14.7 Å². The molecule has 20 heavy (non-hydrogen) atoms. The highest BCUT2D eigenvalue weighted by molar-refractivity contribution is 5.84. The first-order valence-electron chi connectivity index (χ1n) is 6.61. The molecule has 0 aromatic carbocycles. The topological polar surface area (TPSA) is 108 Å². The molecule has 0 aliphatic heterocycles. The van der Waals surface area contributed by atoms with Gasteiger partial charge in [0.25, 0.3) is 0 Å². The van der Waals surface area contributed by atoms with Crippen molar-refractivity contribution in [2.45, 2.75) is 19.9 Å². The molecule has 0 radical (unpaired) electrons. The molecule has 0 aliphatic rings. The van der Waals surface area contributed by atoms with Crippen molar-refractivity contribution in [3.63, 3.8) is 0 Å². The molecule has 0 saturated heterocycles. The third-order valence-electron chi connectivity index (χ3n) is 2.57. The number of nitrogens with zero attached hydrogens (tertiary/aromatic N) is 2. The summed E-state index contributed by atoms with van der Waals surface area (Å²) in [4.78, 5) is 25.8. The summed E-state index contributed by atoms with van der Waals surface area (Å²) in [6.45, 7) is 5.35. The van der Waals surface area contributed by atoms with E-state index in [0.717, 1.165) is 19.5 Å². The van der Waals surface area contributed by atoms with Crippen molar-refractivity contribution in [2.75, 3.05) is 26.2 Å². The number of aromatic carboxylic acids is 1. The molecule has 8 nitrogen and oxygen atoms in total. The van der Waals surface area contributed by atoms with Gasteiger partial charge in [0.05, 0.1) is 6.33 Å². The van der Waals surface area contributed by atoms with Gasteiger partial charge in [-0.1, -0.05) is 6.92 Å². The molecular weight excluding hydrogens is 262 g/mol. The van der Waals surface area contributed by atoms with E-state index in [4.69, 9.17) is 5.11 Å². The maximum absolute atomic E-state index is 11.4. The first-order valence-corrected chi connectivity index (χ1v) is 6.61. The van der Waals surface area contributed by atoms with E-state index in [1.807, 2.05) is 6.92 Å². The molecule has 2 amide bonds. The molecule has 1 rings (SSSR count). The van der Waals surface area contributed by atoms with Crippen LogP contribution in [0.3, 0.4) is 0 Å². The molecule has 0 atom stereocenters. The Morgan fingerprint density at radius 1 is 1.30 bits per heavy atom. The van der Waals surface area contributed by atoms with E-state index in [-0.39, 0.29) is 11.7 Å². The van der Waals surface area contributed by atoms with Crippen molar-refractivity contribution in [2.24, 2.45) is 0 Å². The largest absolute Gasteiger partial charge is 0.476 e. The highest BCUT2D eigenvalue weighted by Gasteiger charge is 2.06. The Morgan fingerprint density at radius 3 is 2.70 bits per heavy atom. The molecule has 0 unspecified atom stereocenters. The maximum Gasteiger partial charge on any atom is 0.356 e. The second kappa shape index (κ2) is 8.92. The lowest BCUT2D eigenvalue weighted by Gasteiger charge is -2.08. The minimum atomic E-state index is -1.06. The van der Waals surface area contributed by atoms with Gasteiger partial charge in [0, 0.05) is 25.8 Å². The predicted molar refractivity (Wildman–Crippen MR) is 73.7 cm³/mol. The van der Waals surface area contributed by atoms with E-state index < -0.39 is 5.97 Å². The standard InChI is InChI=1S/C12H21N5O3/c1-2-13-4-3-5-14-12(20)15-6-7-17-8-10(11(18)19)16-9-17/h8-9,13H,2-7H2,1H3,(H,18,19)(H2,14,15,20). The Morgan fingerprint density at radius 2 is 2.05 bits per heavy atom. The zero-order chi connectivity index (χ0) is 14.8. The second-order valence-electron chi connectivity index (χ2n) is 4.19. The molecule has 112 valence electrons. The van der Waals surface area contributed by atoms with Crippen molar-refractivity contribution in [1.29, 1.82) is 0 Å². The number of nitrogens with one attached hydrogen (secondary N) is 3. The van der Waals surface area contributed by atoms with Gasteiger partial charge in [0.1, 0.15) is 0 Å². The molecule has 1 aromatic rings. The number of carboxylic acids is 1. The Kier molecular flexibility index (Phi) is 7.12. The molecule has 8 heteroatoms. The molecule has 0 fully saturated rings. The molecule has 0 aliphatic carbocycles. The van der Waals surface area contributed by atoms with Crippen LogP contribution in [0.5, 0.6) is 0 Å². The average molecular weight is 283 g/mol. The smallest absolute Gasteiger partial charge is 0.356 e. The second-order valence-corrected chi connectivity index (χ2v) is 4.19. The van der Waals surface area contributed by atoms with Crippen LogP contribution in [-0.2, 0) is 6.54 Å². The Hall–Kier alpha value is -2.09. The number of carbonyl (C=O) groups excluding carboxylic acids is 1. The minimum absolute atomic E-state index is 0.00197. The highest BCUT2D eigenvalue weighted by atomic mass is 16.4. The molecule has 0 spiro atoms. The third kappa shape index (κ3) is 6.19. The van der Waals surface area contributed by atoms with Gasteiger partial charge in [-0.15, -0.1) is 0 Å². The van der Waals surface area contributed by atoms with Crippen LogP contribution in [0.4, 0.5) is 4.79 Å². The quantitative estimate of drug-likeness (QED) is 0.473. The minimum Gasteiger partial charge on any atom is -0.476 e. The third-order valence-corrected chi connectivity index (χ3v) is 2.57. The van der Waals surface area contributed by atoms with Crippen LogP contribution in [-0.4, -0.2) is 52.8 Å². The van der Waals surface area contributed by atoms with Crippen LogP contribution in [0.25, 0.3) is 0 Å². The number of imidazole rings is 1. The van der Waals surface area contributed by atoms with Gasteiger partial charge in [-0.2, -0.15) is 0 Å². The van der Waals surface area contributed by atoms with Gasteiger partial charge < -0.3 is 25.6 Å². The van der Waals surface area contributed by atoms with Gasteiger partial charge in [-0.05, 0) is 19.5 Å². The fourth-order valence-corrected chi connectivity index (χ4v) is 1.55. The predicted octanol–water partition coefficient (Wildman–Crippen LogP) is -0.120. The summed E-state index contributed by atoms with van der Waals surface area (Å²) in [5.74, 6) is -1.06. The molecular formula is C12H21N5O3. The zero-order valence-corrected chi connectivity index (χ0v) is 11.6. The van der Waals surface area contributed by atoms with Crippen molar-refractivity contribution >= 4 is 12.0 Å². The Labute approximate surface area is 117 Å². The lowest BCUT2D eigenvalue weighted by Crippen LogP contribution is -2.38. The van der Waals surface area contributed by atoms with Gasteiger partial charge in [0.2, 0.25) is 0 Å². The number of carboxylic acid groups (broad SMARTS) is 1. The van der Waals surface area contributed by atoms with E-state index in [2.05, 4.69) is 20.9 Å². The van der Waals surface area contributed by atoms with Gasteiger partial charge in [-0.3, -0.25) is 0 Å². The Bertz CT molecular complexity index is 432. The molecule has 1 aromatic heterocycles. The molecule has 0 saturated carbocycles. The number of rotatable bonds is 9. The average Bonchev–Trinajstić information content (AvgIpc) is 2.87. The first-order chi connectivity index (χ1) is 9.63. The number of urea groups is 1. The maximum atomic E-state index is 11.4. The fourth-order valence-electron chi connectivity index (χ4n) is 1.55. The summed E-state index contributed by atoms with van der Waals surface area (Å²) >= 11 is 0. The van der Waals surface area contributed by atoms with Crippen LogP contribution in [0.1, 0.15) is 23.8 Å². The number of amides is 2. The monoisotopic (exact) mass is 283 g/mol. The van der Waals surface area contributed by atoms with E-state index in [9.17, 15) is 9.59 Å². The SMILES string of the molecule is CCNCCCNC(=O)NCCn1cnc(C(=O)O)c1. The summed E-state index contributed by atoms with van der Waals surface area (Å²) < 4.78 is 1.62. The van der Waals surface area contributed by atoms with Crippen molar-refractivity contribution in [3.05, 3.63) is 18.2 Å². The zero-order valence-electron chi connectivity index (χ0n) is 11.6. The summed E-state index contributed by atoms with van der Waals surface area (Å²) in [5.41, 5.74) is -0.00197. The van der Waals surface area contributed by atoms with Crippen LogP contribution in [0.15, 0.2) is 12.5 Å². The summed E-state index contributed by atoms with van der Waals surface area (Å²) in [5, 5.41) is 17.3. The number of hydrogen-bond acceptors (Lipinski definition) is 4. The number of hydrogen-bond donors (Lipinski definition) is 4. The van der Waals surface area contributed by atoms with Crippen molar-refractivity contribution in [1.82, 2.24) is 25.5 Å². The number of carbonyl (C=O) groups is 2. The van der Waals surface area contributed by atoms with Gasteiger partial charge in [-0.25, -0.2) is 14.6 Å². The van der Waals surface area contributed by atoms with Crippen LogP contribution >= 0.6 is 0 Å². The highest BCUT2D eigenvalue weighted by Crippen LogP contribution is 1.95. The number of aromatic nitrogens is 2. The van der Waals surface area contributed by atoms with E-state index in [1.165, 1.54) is 12.5 Å². The molecule has 4 N–H and O–H groups in total. The summed E-state index contributed by atoms with van der Waals surface area (Å²) in [6.07, 6.45) is 3.74. The lowest BCUT2D eigenvalue weighted by molar-refractivity contribution is 0.0691. The molecule has 1 heterocycles. The van der Waals surface area contributed by atoms with Crippen LogP contribution in [0, 0.1) is 0 Å². The molecule has 0 bridgehead atoms. The van der Waals surface area contributed by atoms with Crippen molar-refractivity contribution in [3.8, 4) is 0 Å². The van der Waals surface area contributed by atoms with E-state index in [1.54, 1.807) is 4.57 Å². The van der Waals surface area contributed by atoms with E-state index in [0.29, 0.717) is 19.6 Å². The van der Waals surface area contributed by atoms with Gasteiger partial charge >= 0.3 is 12.0 Å². The fraction of sp³-hybridized carbons (Fsp3) is 0.583. The summed E-state index contributed by atoms with van der Waals surface area (Å²) in [6, 6.07) is -0.222.